The Bertz CT molecular complexity index is 304. The van der Waals surface area contributed by atoms with E-state index in [0.29, 0.717) is 5.69 Å². The minimum atomic E-state index is -2.73. The topological polar surface area (TPSA) is 33.1 Å². The van der Waals surface area contributed by atoms with Crippen LogP contribution in [0.1, 0.15) is 17.7 Å². The summed E-state index contributed by atoms with van der Waals surface area (Å²) in [5.41, 5.74) is -0.124. The van der Waals surface area contributed by atoms with Crippen LogP contribution in [0, 0.1) is 6.92 Å². The lowest BCUT2D eigenvalue weighted by molar-refractivity contribution is 0.147. The molecule has 1 N–H and O–H groups in total. The Balaban J connectivity index is 3.28. The number of rotatable bonds is 1. The summed E-state index contributed by atoms with van der Waals surface area (Å²) in [5.74, 6) is -0.641. The van der Waals surface area contributed by atoms with Crippen LogP contribution in [-0.2, 0) is 0 Å². The fourth-order valence-electron chi connectivity index (χ4n) is 0.819. The van der Waals surface area contributed by atoms with Crippen molar-refractivity contribution in [3.63, 3.8) is 0 Å². The van der Waals surface area contributed by atoms with Gasteiger partial charge in [-0.1, -0.05) is 11.6 Å². The van der Waals surface area contributed by atoms with Crippen LogP contribution < -0.4 is 0 Å². The van der Waals surface area contributed by atoms with Gasteiger partial charge in [-0.15, -0.1) is 0 Å². The molecule has 0 aromatic carbocycles. The largest absolute Gasteiger partial charge is 0.504 e. The molecular weight excluding hydrogens is 188 g/mol. The number of nitrogens with zero attached hydrogens (tertiary/aromatic N) is 1. The predicted octanol–water partition coefficient (Wildman–Crippen LogP) is 2.69. The number of halogens is 3. The van der Waals surface area contributed by atoms with Crippen LogP contribution in [0.15, 0.2) is 6.07 Å². The van der Waals surface area contributed by atoms with Crippen molar-refractivity contribution in [1.82, 2.24) is 4.98 Å². The van der Waals surface area contributed by atoms with Crippen LogP contribution in [0.3, 0.4) is 0 Å². The van der Waals surface area contributed by atoms with Crippen molar-refractivity contribution in [2.75, 3.05) is 0 Å². The number of aromatic hydroxyl groups is 1. The molecule has 0 bridgehead atoms. The Morgan fingerprint density at radius 1 is 1.58 bits per heavy atom. The zero-order chi connectivity index (χ0) is 9.30. The first kappa shape index (κ1) is 9.19. The van der Waals surface area contributed by atoms with E-state index in [-0.39, 0.29) is 5.15 Å². The van der Waals surface area contributed by atoms with E-state index in [1.165, 1.54) is 6.92 Å². The summed E-state index contributed by atoms with van der Waals surface area (Å²) < 4.78 is 24.3. The molecule has 0 radical (unpaired) electrons. The summed E-state index contributed by atoms with van der Waals surface area (Å²) in [6, 6.07) is 1.10. The highest BCUT2D eigenvalue weighted by molar-refractivity contribution is 6.30. The standard InChI is InChI=1S/C7H6ClF2NO/c1-3-2-4(7(9)10)5(12)6(8)11-3/h2,7,12H,1H3. The van der Waals surface area contributed by atoms with Crippen molar-refractivity contribution in [3.8, 4) is 5.75 Å². The number of aromatic nitrogens is 1. The summed E-state index contributed by atoms with van der Waals surface area (Å²) in [6.45, 7) is 1.52. The molecule has 0 amide bonds. The van der Waals surface area contributed by atoms with Gasteiger partial charge < -0.3 is 5.11 Å². The number of hydrogen-bond donors (Lipinski definition) is 1. The zero-order valence-electron chi connectivity index (χ0n) is 6.18. The molecule has 1 heterocycles. The second kappa shape index (κ2) is 3.23. The monoisotopic (exact) mass is 193 g/mol. The molecule has 0 fully saturated rings. The van der Waals surface area contributed by atoms with E-state index < -0.39 is 17.7 Å². The van der Waals surface area contributed by atoms with Gasteiger partial charge in [-0.25, -0.2) is 13.8 Å². The molecule has 0 aliphatic carbocycles. The molecule has 0 unspecified atom stereocenters. The quantitative estimate of drug-likeness (QED) is 0.696. The van der Waals surface area contributed by atoms with Gasteiger partial charge in [0, 0.05) is 5.69 Å². The third-order valence-electron chi connectivity index (χ3n) is 1.34. The minimum Gasteiger partial charge on any atom is -0.504 e. The van der Waals surface area contributed by atoms with E-state index in [4.69, 9.17) is 16.7 Å². The summed E-state index contributed by atoms with van der Waals surface area (Å²) in [6.07, 6.45) is -2.73. The smallest absolute Gasteiger partial charge is 0.267 e. The van der Waals surface area contributed by atoms with Crippen molar-refractivity contribution in [1.29, 1.82) is 0 Å². The van der Waals surface area contributed by atoms with E-state index in [1.54, 1.807) is 0 Å². The first-order valence-corrected chi connectivity index (χ1v) is 3.54. The Kier molecular flexibility index (Phi) is 2.47. The molecule has 0 aliphatic rings. The number of pyridine rings is 1. The van der Waals surface area contributed by atoms with Crippen molar-refractivity contribution in [2.24, 2.45) is 0 Å². The highest BCUT2D eigenvalue weighted by atomic mass is 35.5. The van der Waals surface area contributed by atoms with Crippen molar-refractivity contribution in [2.45, 2.75) is 13.3 Å². The van der Waals surface area contributed by atoms with E-state index >= 15 is 0 Å². The second-order valence-electron chi connectivity index (χ2n) is 2.29. The number of hydrogen-bond acceptors (Lipinski definition) is 2. The molecule has 2 nitrogen and oxygen atoms in total. The minimum absolute atomic E-state index is 0.287. The van der Waals surface area contributed by atoms with Crippen LogP contribution in [0.5, 0.6) is 5.75 Å². The highest BCUT2D eigenvalue weighted by Gasteiger charge is 2.16. The van der Waals surface area contributed by atoms with E-state index in [2.05, 4.69) is 4.98 Å². The first-order valence-electron chi connectivity index (χ1n) is 3.16. The Labute approximate surface area is 72.8 Å². The lowest BCUT2D eigenvalue weighted by atomic mass is 10.2. The zero-order valence-corrected chi connectivity index (χ0v) is 6.94. The molecule has 12 heavy (non-hydrogen) atoms. The molecular formula is C7H6ClF2NO. The van der Waals surface area contributed by atoms with Gasteiger partial charge in [0.2, 0.25) is 0 Å². The van der Waals surface area contributed by atoms with Crippen LogP contribution in [0.4, 0.5) is 8.78 Å². The van der Waals surface area contributed by atoms with Crippen molar-refractivity contribution < 1.29 is 13.9 Å². The van der Waals surface area contributed by atoms with Crippen molar-refractivity contribution >= 4 is 11.6 Å². The van der Waals surface area contributed by atoms with E-state index in [9.17, 15) is 8.78 Å². The fraction of sp³-hybridized carbons (Fsp3) is 0.286. The van der Waals surface area contributed by atoms with Crippen LogP contribution in [0.2, 0.25) is 5.15 Å². The third-order valence-corrected chi connectivity index (χ3v) is 1.61. The predicted molar refractivity (Wildman–Crippen MR) is 40.6 cm³/mol. The summed E-state index contributed by atoms with van der Waals surface area (Å²) in [4.78, 5) is 3.60. The normalized spacial score (nSPS) is 10.8. The van der Waals surface area contributed by atoms with Gasteiger partial charge in [-0.3, -0.25) is 0 Å². The summed E-state index contributed by atoms with van der Waals surface area (Å²) >= 11 is 5.37. The maximum absolute atomic E-state index is 12.1. The van der Waals surface area contributed by atoms with Gasteiger partial charge >= 0.3 is 0 Å². The van der Waals surface area contributed by atoms with E-state index in [0.717, 1.165) is 6.07 Å². The molecule has 1 aromatic heterocycles. The fourth-order valence-corrected chi connectivity index (χ4v) is 1.06. The summed E-state index contributed by atoms with van der Waals surface area (Å²) in [5, 5.41) is 8.73. The Morgan fingerprint density at radius 2 is 2.17 bits per heavy atom. The SMILES string of the molecule is Cc1cc(C(F)F)c(O)c(Cl)n1. The molecule has 0 saturated carbocycles. The van der Waals surface area contributed by atoms with Crippen LogP contribution in [-0.4, -0.2) is 10.1 Å². The Morgan fingerprint density at radius 3 is 2.67 bits per heavy atom. The third kappa shape index (κ3) is 1.64. The number of alkyl halides is 2. The second-order valence-corrected chi connectivity index (χ2v) is 2.65. The summed E-state index contributed by atoms with van der Waals surface area (Å²) in [7, 11) is 0. The maximum Gasteiger partial charge on any atom is 0.267 e. The van der Waals surface area contributed by atoms with Crippen molar-refractivity contribution in [3.05, 3.63) is 22.5 Å². The molecule has 1 aromatic rings. The molecule has 0 saturated heterocycles. The van der Waals surface area contributed by atoms with Gasteiger partial charge in [-0.05, 0) is 13.0 Å². The molecule has 66 valence electrons. The molecule has 0 atom stereocenters. The van der Waals surface area contributed by atoms with Crippen LogP contribution in [0.25, 0.3) is 0 Å². The lowest BCUT2D eigenvalue weighted by Gasteiger charge is -2.04. The highest BCUT2D eigenvalue weighted by Crippen LogP contribution is 2.33. The van der Waals surface area contributed by atoms with Gasteiger partial charge in [0.1, 0.15) is 0 Å². The van der Waals surface area contributed by atoms with Crippen LogP contribution >= 0.6 is 11.6 Å². The lowest BCUT2D eigenvalue weighted by Crippen LogP contribution is -1.91. The average Bonchev–Trinajstić information content (AvgIpc) is 1.96. The molecule has 1 rings (SSSR count). The average molecular weight is 194 g/mol. The number of aryl methyl sites for hydroxylation is 1. The van der Waals surface area contributed by atoms with Gasteiger partial charge in [0.05, 0.1) is 5.56 Å². The van der Waals surface area contributed by atoms with Gasteiger partial charge in [0.25, 0.3) is 6.43 Å². The van der Waals surface area contributed by atoms with E-state index in [1.807, 2.05) is 0 Å². The Hall–Kier alpha value is -0.900. The van der Waals surface area contributed by atoms with Gasteiger partial charge in [-0.2, -0.15) is 0 Å². The molecule has 0 aliphatic heterocycles. The first-order chi connectivity index (χ1) is 5.52. The van der Waals surface area contributed by atoms with Gasteiger partial charge in [0.15, 0.2) is 10.9 Å². The molecule has 0 spiro atoms. The molecule has 5 heteroatoms. The maximum atomic E-state index is 12.1.